The van der Waals surface area contributed by atoms with Crippen LogP contribution in [-0.2, 0) is 16.1 Å². The molecule has 1 aliphatic heterocycles. The maximum absolute atomic E-state index is 11.7. The first-order chi connectivity index (χ1) is 9.63. The van der Waals surface area contributed by atoms with Gasteiger partial charge < -0.3 is 4.74 Å². The highest BCUT2D eigenvalue weighted by atomic mass is 16.5. The molecule has 0 aliphatic carbocycles. The maximum atomic E-state index is 11.7. The zero-order chi connectivity index (χ0) is 14.4. The Labute approximate surface area is 121 Å². The van der Waals surface area contributed by atoms with E-state index in [1.807, 2.05) is 19.9 Å². The number of benzene rings is 1. The van der Waals surface area contributed by atoms with Crippen molar-refractivity contribution in [3.8, 4) is 0 Å². The third-order valence-electron chi connectivity index (χ3n) is 3.67. The number of nitrogens with zero attached hydrogens (tertiary/aromatic N) is 1. The summed E-state index contributed by atoms with van der Waals surface area (Å²) in [6, 6.07) is 10.5. The van der Waals surface area contributed by atoms with E-state index in [1.165, 1.54) is 12.0 Å². The Hall–Kier alpha value is -1.35. The summed E-state index contributed by atoms with van der Waals surface area (Å²) in [5.41, 5.74) is 1.35. The fourth-order valence-corrected chi connectivity index (χ4v) is 2.85. The lowest BCUT2D eigenvalue weighted by Gasteiger charge is -2.32. The van der Waals surface area contributed by atoms with E-state index in [4.69, 9.17) is 4.74 Å². The number of ether oxygens (including phenoxy) is 1. The van der Waals surface area contributed by atoms with Crippen molar-refractivity contribution >= 4 is 5.97 Å². The molecule has 3 heteroatoms. The molecule has 3 nitrogen and oxygen atoms in total. The molecule has 0 amide bonds. The van der Waals surface area contributed by atoms with Crippen molar-refractivity contribution in [2.24, 2.45) is 5.92 Å². The second-order valence-electron chi connectivity index (χ2n) is 5.97. The summed E-state index contributed by atoms with van der Waals surface area (Å²) >= 11 is 0. The minimum atomic E-state index is -0.0495. The van der Waals surface area contributed by atoms with Crippen molar-refractivity contribution in [2.75, 3.05) is 13.1 Å². The van der Waals surface area contributed by atoms with Gasteiger partial charge in [0.25, 0.3) is 0 Å². The topological polar surface area (TPSA) is 29.5 Å². The molecule has 1 aromatic carbocycles. The summed E-state index contributed by atoms with van der Waals surface area (Å²) in [5, 5.41) is 0. The maximum Gasteiger partial charge on any atom is 0.306 e. The van der Waals surface area contributed by atoms with E-state index >= 15 is 0 Å². The number of rotatable bonds is 5. The molecule has 1 heterocycles. The molecule has 0 saturated carbocycles. The van der Waals surface area contributed by atoms with E-state index in [-0.39, 0.29) is 12.1 Å². The standard InChI is InChI=1S/C17H25NO2/c1-14(2)20-17(19)11-16-9-6-10-18(13-16)12-15-7-4-3-5-8-15/h3-5,7-8,14,16H,6,9-13H2,1-2H3. The molecule has 1 aromatic rings. The van der Waals surface area contributed by atoms with E-state index in [1.54, 1.807) is 0 Å². The number of piperidine rings is 1. The van der Waals surface area contributed by atoms with Gasteiger partial charge in [-0.25, -0.2) is 0 Å². The van der Waals surface area contributed by atoms with Gasteiger partial charge in [-0.1, -0.05) is 30.3 Å². The smallest absolute Gasteiger partial charge is 0.306 e. The molecule has 1 unspecified atom stereocenters. The van der Waals surface area contributed by atoms with Crippen LogP contribution in [0.3, 0.4) is 0 Å². The van der Waals surface area contributed by atoms with E-state index in [0.717, 1.165) is 26.1 Å². The predicted molar refractivity (Wildman–Crippen MR) is 80.3 cm³/mol. The molecule has 1 aliphatic rings. The molecule has 1 atom stereocenters. The van der Waals surface area contributed by atoms with Crippen molar-refractivity contribution in [3.63, 3.8) is 0 Å². The summed E-state index contributed by atoms with van der Waals surface area (Å²) in [6.45, 7) is 6.92. The largest absolute Gasteiger partial charge is 0.463 e. The van der Waals surface area contributed by atoms with Gasteiger partial charge in [-0.3, -0.25) is 9.69 Å². The average molecular weight is 275 g/mol. The first kappa shape index (κ1) is 15.0. The summed E-state index contributed by atoms with van der Waals surface area (Å²) in [6.07, 6.45) is 2.86. The highest BCUT2D eigenvalue weighted by Crippen LogP contribution is 2.21. The van der Waals surface area contributed by atoms with E-state index in [9.17, 15) is 4.79 Å². The lowest BCUT2D eigenvalue weighted by molar-refractivity contribution is -0.149. The van der Waals surface area contributed by atoms with Crippen LogP contribution in [0.4, 0.5) is 0 Å². The Bertz CT molecular complexity index is 416. The van der Waals surface area contributed by atoms with Crippen molar-refractivity contribution < 1.29 is 9.53 Å². The number of hydrogen-bond acceptors (Lipinski definition) is 3. The zero-order valence-electron chi connectivity index (χ0n) is 12.5. The lowest BCUT2D eigenvalue weighted by Crippen LogP contribution is -2.36. The Morgan fingerprint density at radius 1 is 1.35 bits per heavy atom. The van der Waals surface area contributed by atoms with Crippen molar-refractivity contribution in [1.29, 1.82) is 0 Å². The molecule has 0 radical (unpaired) electrons. The number of likely N-dealkylation sites (tertiary alicyclic amines) is 1. The predicted octanol–water partition coefficient (Wildman–Crippen LogP) is 3.24. The minimum absolute atomic E-state index is 0.00786. The highest BCUT2D eigenvalue weighted by Gasteiger charge is 2.23. The lowest BCUT2D eigenvalue weighted by atomic mass is 9.94. The molecular weight excluding hydrogens is 250 g/mol. The third-order valence-corrected chi connectivity index (χ3v) is 3.67. The fourth-order valence-electron chi connectivity index (χ4n) is 2.85. The van der Waals surface area contributed by atoms with Crippen LogP contribution in [0.2, 0.25) is 0 Å². The van der Waals surface area contributed by atoms with Gasteiger partial charge in [0.2, 0.25) is 0 Å². The van der Waals surface area contributed by atoms with Gasteiger partial charge in [0.15, 0.2) is 0 Å². The minimum Gasteiger partial charge on any atom is -0.463 e. The van der Waals surface area contributed by atoms with Gasteiger partial charge in [0, 0.05) is 19.5 Å². The molecule has 0 spiro atoms. The van der Waals surface area contributed by atoms with Crippen LogP contribution in [-0.4, -0.2) is 30.1 Å². The quantitative estimate of drug-likeness (QED) is 0.773. The van der Waals surface area contributed by atoms with Crippen LogP contribution in [0.25, 0.3) is 0 Å². The number of esters is 1. The van der Waals surface area contributed by atoms with Crippen molar-refractivity contribution in [1.82, 2.24) is 4.90 Å². The fraction of sp³-hybridized carbons (Fsp3) is 0.588. The number of carbonyl (C=O) groups excluding carboxylic acids is 1. The van der Waals surface area contributed by atoms with Crippen molar-refractivity contribution in [2.45, 2.75) is 45.8 Å². The Balaban J connectivity index is 1.81. The van der Waals surface area contributed by atoms with Gasteiger partial charge >= 0.3 is 5.97 Å². The SMILES string of the molecule is CC(C)OC(=O)CC1CCCN(Cc2ccccc2)C1. The average Bonchev–Trinajstić information content (AvgIpc) is 2.39. The van der Waals surface area contributed by atoms with Crippen LogP contribution in [0, 0.1) is 5.92 Å². The van der Waals surface area contributed by atoms with Gasteiger partial charge in [-0.15, -0.1) is 0 Å². The van der Waals surface area contributed by atoms with Gasteiger partial charge in [-0.05, 0) is 44.7 Å². The van der Waals surface area contributed by atoms with Crippen LogP contribution in [0.5, 0.6) is 0 Å². The first-order valence-electron chi connectivity index (χ1n) is 7.59. The van der Waals surface area contributed by atoms with E-state index in [2.05, 4.69) is 29.2 Å². The second-order valence-corrected chi connectivity index (χ2v) is 5.97. The molecule has 110 valence electrons. The van der Waals surface area contributed by atoms with Gasteiger partial charge in [-0.2, -0.15) is 0 Å². The van der Waals surface area contributed by atoms with Crippen LogP contribution >= 0.6 is 0 Å². The highest BCUT2D eigenvalue weighted by molar-refractivity contribution is 5.69. The summed E-state index contributed by atoms with van der Waals surface area (Å²) in [7, 11) is 0. The Kier molecular flexibility index (Phi) is 5.60. The normalized spacial score (nSPS) is 20.1. The molecule has 0 N–H and O–H groups in total. The molecular formula is C17H25NO2. The molecule has 20 heavy (non-hydrogen) atoms. The molecule has 0 aromatic heterocycles. The molecule has 1 fully saturated rings. The zero-order valence-corrected chi connectivity index (χ0v) is 12.5. The molecule has 1 saturated heterocycles. The van der Waals surface area contributed by atoms with Crippen LogP contribution in [0.1, 0.15) is 38.7 Å². The number of hydrogen-bond donors (Lipinski definition) is 0. The summed E-state index contributed by atoms with van der Waals surface area (Å²) < 4.78 is 5.25. The van der Waals surface area contributed by atoms with Crippen LogP contribution in [0.15, 0.2) is 30.3 Å². The van der Waals surface area contributed by atoms with E-state index < -0.39 is 0 Å². The van der Waals surface area contributed by atoms with Gasteiger partial charge in [0.05, 0.1) is 6.10 Å². The monoisotopic (exact) mass is 275 g/mol. The number of carbonyl (C=O) groups is 1. The first-order valence-corrected chi connectivity index (χ1v) is 7.59. The summed E-state index contributed by atoms with van der Waals surface area (Å²) in [4.78, 5) is 14.2. The summed E-state index contributed by atoms with van der Waals surface area (Å²) in [5.74, 6) is 0.394. The van der Waals surface area contributed by atoms with E-state index in [0.29, 0.717) is 12.3 Å². The third kappa shape index (κ3) is 4.97. The Morgan fingerprint density at radius 3 is 2.80 bits per heavy atom. The van der Waals surface area contributed by atoms with Gasteiger partial charge in [0.1, 0.15) is 0 Å². The molecule has 0 bridgehead atoms. The second kappa shape index (κ2) is 7.44. The molecule has 2 rings (SSSR count). The Morgan fingerprint density at radius 2 is 2.10 bits per heavy atom. The van der Waals surface area contributed by atoms with Crippen LogP contribution < -0.4 is 0 Å². The van der Waals surface area contributed by atoms with Crippen molar-refractivity contribution in [3.05, 3.63) is 35.9 Å².